The molecule has 2 unspecified atom stereocenters. The molecule has 0 spiro atoms. The summed E-state index contributed by atoms with van der Waals surface area (Å²) in [5.41, 5.74) is 7.68. The van der Waals surface area contributed by atoms with E-state index in [1.165, 1.54) is 24.0 Å². The number of aromatic nitrogens is 1. The van der Waals surface area contributed by atoms with Crippen molar-refractivity contribution in [2.24, 2.45) is 0 Å². The van der Waals surface area contributed by atoms with Crippen LogP contribution < -0.4 is 5.73 Å². The van der Waals surface area contributed by atoms with E-state index >= 15 is 0 Å². The van der Waals surface area contributed by atoms with Gasteiger partial charge in [0.05, 0.1) is 16.3 Å². The molecule has 1 aliphatic carbocycles. The van der Waals surface area contributed by atoms with Crippen LogP contribution in [0.1, 0.15) is 25.7 Å². The van der Waals surface area contributed by atoms with Crippen molar-refractivity contribution in [1.29, 1.82) is 0 Å². The number of hydrogen-bond acceptors (Lipinski definition) is 5. The summed E-state index contributed by atoms with van der Waals surface area (Å²) in [6.45, 7) is 0. The molecule has 3 nitrogen and oxygen atoms in total. The van der Waals surface area contributed by atoms with E-state index in [0.717, 1.165) is 22.0 Å². The maximum absolute atomic E-state index is 5.81. The summed E-state index contributed by atoms with van der Waals surface area (Å²) in [4.78, 5) is 4.68. The van der Waals surface area contributed by atoms with Crippen LogP contribution in [0, 0.1) is 0 Å². The second kappa shape index (κ2) is 5.69. The van der Waals surface area contributed by atoms with E-state index in [1.54, 1.807) is 11.3 Å². The zero-order valence-electron chi connectivity index (χ0n) is 11.0. The average molecular weight is 294 g/mol. The van der Waals surface area contributed by atoms with Crippen molar-refractivity contribution in [2.45, 2.75) is 41.4 Å². The molecular weight excluding hydrogens is 276 g/mol. The highest BCUT2D eigenvalue weighted by Gasteiger charge is 2.23. The van der Waals surface area contributed by atoms with Crippen LogP contribution in [0.25, 0.3) is 10.2 Å². The van der Waals surface area contributed by atoms with Crippen LogP contribution >= 0.6 is 23.1 Å². The molecule has 2 N–H and O–H groups in total. The lowest BCUT2D eigenvalue weighted by Crippen LogP contribution is -2.23. The summed E-state index contributed by atoms with van der Waals surface area (Å²) >= 11 is 3.65. The topological polar surface area (TPSA) is 48.1 Å². The Morgan fingerprint density at radius 1 is 1.42 bits per heavy atom. The fraction of sp³-hybridized carbons (Fsp3) is 0.500. The molecule has 0 aliphatic heterocycles. The average Bonchev–Trinajstić information content (AvgIpc) is 2.80. The monoisotopic (exact) mass is 294 g/mol. The minimum atomic E-state index is 0.427. The second-order valence-electron chi connectivity index (χ2n) is 4.97. The zero-order chi connectivity index (χ0) is 13.2. The highest BCUT2D eigenvalue weighted by molar-refractivity contribution is 8.01. The Morgan fingerprint density at radius 3 is 3.16 bits per heavy atom. The van der Waals surface area contributed by atoms with Gasteiger partial charge in [-0.15, -0.1) is 11.3 Å². The maximum Gasteiger partial charge on any atom is 0.151 e. The van der Waals surface area contributed by atoms with Gasteiger partial charge in [0.15, 0.2) is 4.34 Å². The lowest BCUT2D eigenvalue weighted by atomic mass is 9.97. The molecule has 2 atom stereocenters. The van der Waals surface area contributed by atoms with Gasteiger partial charge in [0, 0.05) is 18.0 Å². The van der Waals surface area contributed by atoms with Gasteiger partial charge in [0.2, 0.25) is 0 Å². The molecule has 1 aromatic carbocycles. The Bertz CT molecular complexity index is 570. The zero-order valence-corrected chi connectivity index (χ0v) is 12.6. The number of thiazole rings is 1. The molecule has 0 bridgehead atoms. The smallest absolute Gasteiger partial charge is 0.151 e. The van der Waals surface area contributed by atoms with Crippen molar-refractivity contribution in [2.75, 3.05) is 12.8 Å². The van der Waals surface area contributed by atoms with E-state index in [1.807, 2.05) is 37.1 Å². The first-order valence-electron chi connectivity index (χ1n) is 6.60. The number of anilines is 1. The minimum absolute atomic E-state index is 0.427. The number of rotatable bonds is 3. The Hall–Kier alpha value is -0.780. The standard InChI is InChI=1S/C14H18N2OS2/c1-17-10-3-2-4-11(8-10)18-14-16-12-6-5-9(15)7-13(12)19-14/h5-7,10-11H,2-4,8,15H2,1H3. The van der Waals surface area contributed by atoms with Gasteiger partial charge in [0.25, 0.3) is 0 Å². The van der Waals surface area contributed by atoms with E-state index in [2.05, 4.69) is 4.98 Å². The first kappa shape index (κ1) is 13.2. The normalized spacial score (nSPS) is 23.8. The molecule has 1 saturated carbocycles. The molecule has 0 amide bonds. The first-order valence-corrected chi connectivity index (χ1v) is 8.30. The first-order chi connectivity index (χ1) is 9.24. The van der Waals surface area contributed by atoms with Crippen molar-refractivity contribution >= 4 is 39.0 Å². The molecular formula is C14H18N2OS2. The Kier molecular flexibility index (Phi) is 3.96. The Balaban J connectivity index is 1.74. The third-order valence-corrected chi connectivity index (χ3v) is 5.98. The summed E-state index contributed by atoms with van der Waals surface area (Å²) in [5, 5.41) is 0.636. The van der Waals surface area contributed by atoms with Crippen molar-refractivity contribution in [3.8, 4) is 0 Å². The molecule has 0 radical (unpaired) electrons. The van der Waals surface area contributed by atoms with E-state index in [0.29, 0.717) is 11.4 Å². The van der Waals surface area contributed by atoms with Crippen LogP contribution in [0.5, 0.6) is 0 Å². The quantitative estimate of drug-likeness (QED) is 0.871. The SMILES string of the molecule is COC1CCCC(Sc2nc3ccc(N)cc3s2)C1. The minimum Gasteiger partial charge on any atom is -0.399 e. The number of fused-ring (bicyclic) bond motifs is 1. The number of thioether (sulfide) groups is 1. The Morgan fingerprint density at radius 2 is 2.32 bits per heavy atom. The third kappa shape index (κ3) is 3.04. The lowest BCUT2D eigenvalue weighted by molar-refractivity contribution is 0.0730. The van der Waals surface area contributed by atoms with E-state index in [9.17, 15) is 0 Å². The van der Waals surface area contributed by atoms with E-state index in [4.69, 9.17) is 10.5 Å². The molecule has 0 saturated heterocycles. The highest BCUT2D eigenvalue weighted by atomic mass is 32.2. The van der Waals surface area contributed by atoms with Crippen molar-refractivity contribution in [3.05, 3.63) is 18.2 Å². The number of nitrogens with two attached hydrogens (primary N) is 1. The van der Waals surface area contributed by atoms with Crippen molar-refractivity contribution < 1.29 is 4.74 Å². The Labute approximate surface area is 121 Å². The molecule has 5 heteroatoms. The highest BCUT2D eigenvalue weighted by Crippen LogP contribution is 2.38. The molecule has 1 aliphatic rings. The van der Waals surface area contributed by atoms with Gasteiger partial charge >= 0.3 is 0 Å². The molecule has 1 aromatic heterocycles. The predicted octanol–water partition coefficient (Wildman–Crippen LogP) is 3.93. The summed E-state index contributed by atoms with van der Waals surface area (Å²) in [6.07, 6.45) is 5.29. The maximum atomic E-state index is 5.81. The van der Waals surface area contributed by atoms with Crippen LogP contribution in [0.4, 0.5) is 5.69 Å². The van der Waals surface area contributed by atoms with Crippen LogP contribution in [0.3, 0.4) is 0 Å². The van der Waals surface area contributed by atoms with Crippen molar-refractivity contribution in [3.63, 3.8) is 0 Å². The number of benzene rings is 1. The van der Waals surface area contributed by atoms with Crippen LogP contribution in [0.15, 0.2) is 22.5 Å². The summed E-state index contributed by atoms with van der Waals surface area (Å²) in [5.74, 6) is 0. The largest absolute Gasteiger partial charge is 0.399 e. The number of hydrogen-bond donors (Lipinski definition) is 1. The molecule has 1 heterocycles. The number of methoxy groups -OCH3 is 1. The van der Waals surface area contributed by atoms with Gasteiger partial charge < -0.3 is 10.5 Å². The van der Waals surface area contributed by atoms with E-state index in [-0.39, 0.29) is 0 Å². The number of ether oxygens (including phenoxy) is 1. The summed E-state index contributed by atoms with van der Waals surface area (Å²) in [7, 11) is 1.82. The second-order valence-corrected chi connectivity index (χ2v) is 7.55. The fourth-order valence-corrected chi connectivity index (χ4v) is 5.18. The van der Waals surface area contributed by atoms with Gasteiger partial charge in [-0.05, 0) is 43.9 Å². The predicted molar refractivity (Wildman–Crippen MR) is 82.9 cm³/mol. The molecule has 3 rings (SSSR count). The third-order valence-electron chi connectivity index (χ3n) is 3.57. The van der Waals surface area contributed by atoms with Crippen molar-refractivity contribution in [1.82, 2.24) is 4.98 Å². The van der Waals surface area contributed by atoms with Crippen LogP contribution in [-0.4, -0.2) is 23.4 Å². The number of nitrogens with zero attached hydrogens (tertiary/aromatic N) is 1. The van der Waals surface area contributed by atoms with Gasteiger partial charge in [-0.2, -0.15) is 0 Å². The van der Waals surface area contributed by atoms with Crippen LogP contribution in [0.2, 0.25) is 0 Å². The molecule has 19 heavy (non-hydrogen) atoms. The molecule has 2 aromatic rings. The van der Waals surface area contributed by atoms with Crippen LogP contribution in [-0.2, 0) is 4.74 Å². The van der Waals surface area contributed by atoms with E-state index < -0.39 is 0 Å². The van der Waals surface area contributed by atoms with Gasteiger partial charge in [-0.25, -0.2) is 4.98 Å². The van der Waals surface area contributed by atoms with Gasteiger partial charge in [-0.1, -0.05) is 11.8 Å². The summed E-state index contributed by atoms with van der Waals surface area (Å²) in [6, 6.07) is 5.93. The number of nitrogen functional groups attached to an aromatic ring is 1. The lowest BCUT2D eigenvalue weighted by Gasteiger charge is -2.26. The summed E-state index contributed by atoms with van der Waals surface area (Å²) < 4.78 is 7.82. The van der Waals surface area contributed by atoms with Gasteiger partial charge in [-0.3, -0.25) is 0 Å². The molecule has 1 fully saturated rings. The van der Waals surface area contributed by atoms with Gasteiger partial charge in [0.1, 0.15) is 0 Å². The molecule has 102 valence electrons. The fourth-order valence-electron chi connectivity index (χ4n) is 2.54.